The lowest BCUT2D eigenvalue weighted by atomic mass is 10.1. The summed E-state index contributed by atoms with van der Waals surface area (Å²) >= 11 is 0. The predicted octanol–water partition coefficient (Wildman–Crippen LogP) is 4.79. The Morgan fingerprint density at radius 3 is 2.50 bits per heavy atom. The molecule has 0 saturated heterocycles. The van der Waals surface area contributed by atoms with Crippen LogP contribution in [0.5, 0.6) is 17.2 Å². The quantitative estimate of drug-likeness (QED) is 0.377. The number of carbonyl (C=O) groups excluding carboxylic acids is 1. The molecule has 7 nitrogen and oxygen atoms in total. The van der Waals surface area contributed by atoms with Crippen LogP contribution >= 0.6 is 0 Å². The molecule has 0 saturated carbocycles. The molecule has 0 radical (unpaired) electrons. The molecule has 148 valence electrons. The van der Waals surface area contributed by atoms with E-state index in [1.54, 1.807) is 36.4 Å². The summed E-state index contributed by atoms with van der Waals surface area (Å²) in [4.78, 5) is 24.7. The van der Waals surface area contributed by atoms with Gasteiger partial charge >= 0.3 is 0 Å². The van der Waals surface area contributed by atoms with Crippen molar-refractivity contribution in [2.45, 2.75) is 0 Å². The second-order valence-electron chi connectivity index (χ2n) is 6.37. The molecular formula is C23H16N2O5. The van der Waals surface area contributed by atoms with Crippen molar-refractivity contribution in [3.8, 4) is 17.2 Å². The normalized spacial score (nSPS) is 12.5. The lowest BCUT2D eigenvalue weighted by Gasteiger charge is -1.99. The molecule has 4 rings (SSSR count). The van der Waals surface area contributed by atoms with E-state index in [4.69, 9.17) is 9.47 Å². The van der Waals surface area contributed by atoms with Gasteiger partial charge in [-0.05, 0) is 54.1 Å². The number of ether oxygens (including phenoxy) is 2. The Kier molecular flexibility index (Phi) is 5.34. The molecular weight excluding hydrogens is 384 g/mol. The van der Waals surface area contributed by atoms with E-state index in [-0.39, 0.29) is 18.0 Å². The molecule has 0 unspecified atom stereocenters. The fourth-order valence-electron chi connectivity index (χ4n) is 2.78. The molecule has 0 fully saturated rings. The van der Waals surface area contributed by atoms with Gasteiger partial charge in [0, 0.05) is 0 Å². The Morgan fingerprint density at radius 1 is 0.900 bits per heavy atom. The van der Waals surface area contributed by atoms with Crippen LogP contribution in [0.2, 0.25) is 0 Å². The third kappa shape index (κ3) is 4.25. The molecule has 0 atom stereocenters. The molecule has 7 heteroatoms. The van der Waals surface area contributed by atoms with Crippen LogP contribution in [0.25, 0.3) is 6.08 Å². The van der Waals surface area contributed by atoms with Crippen molar-refractivity contribution in [1.82, 2.24) is 0 Å². The number of carbonyl (C=O) groups is 1. The van der Waals surface area contributed by atoms with Crippen LogP contribution in [0.15, 0.2) is 87.8 Å². The van der Waals surface area contributed by atoms with Crippen molar-refractivity contribution in [2.24, 2.45) is 10.2 Å². The van der Waals surface area contributed by atoms with Gasteiger partial charge in [0.15, 0.2) is 23.0 Å². The zero-order valence-corrected chi connectivity index (χ0v) is 15.7. The van der Waals surface area contributed by atoms with Crippen LogP contribution in [0.4, 0.5) is 11.4 Å². The molecule has 0 amide bonds. The molecule has 1 aliphatic rings. The Labute approximate surface area is 171 Å². The van der Waals surface area contributed by atoms with Gasteiger partial charge in [-0.15, -0.1) is 0 Å². The van der Waals surface area contributed by atoms with E-state index in [1.165, 1.54) is 18.2 Å². The number of hydrogen-bond acceptors (Lipinski definition) is 7. The fraction of sp³-hybridized carbons (Fsp3) is 0.0435. The SMILES string of the molecule is O=C(/C=C/c1ccc2c(c1)OCO2)c1cc(N=Nc2ccccc2)ccc(=O)c1O. The maximum Gasteiger partial charge on any atom is 0.231 e. The highest BCUT2D eigenvalue weighted by Gasteiger charge is 2.14. The van der Waals surface area contributed by atoms with Crippen LogP contribution in [0, 0.1) is 0 Å². The Bertz CT molecular complexity index is 1220. The Morgan fingerprint density at radius 2 is 1.67 bits per heavy atom. The average Bonchev–Trinajstić information content (AvgIpc) is 3.19. The average molecular weight is 400 g/mol. The first kappa shape index (κ1) is 19.1. The molecule has 1 aliphatic heterocycles. The highest BCUT2D eigenvalue weighted by Crippen LogP contribution is 2.33. The van der Waals surface area contributed by atoms with Gasteiger partial charge in [0.2, 0.25) is 12.2 Å². The van der Waals surface area contributed by atoms with Crippen LogP contribution < -0.4 is 14.9 Å². The number of benzene rings is 2. The summed E-state index contributed by atoms with van der Waals surface area (Å²) in [5, 5.41) is 18.3. The third-order valence-electron chi connectivity index (χ3n) is 4.31. The summed E-state index contributed by atoms with van der Waals surface area (Å²) in [6, 6.07) is 18.1. The summed E-state index contributed by atoms with van der Waals surface area (Å²) in [5.41, 5.74) is 0.737. The molecule has 1 N–H and O–H groups in total. The van der Waals surface area contributed by atoms with Crippen molar-refractivity contribution in [3.05, 3.63) is 94.2 Å². The lowest BCUT2D eigenvalue weighted by molar-refractivity contribution is 0.104. The zero-order chi connectivity index (χ0) is 20.9. The van der Waals surface area contributed by atoms with Crippen molar-refractivity contribution in [1.29, 1.82) is 0 Å². The lowest BCUT2D eigenvalue weighted by Crippen LogP contribution is -2.01. The smallest absolute Gasteiger partial charge is 0.231 e. The van der Waals surface area contributed by atoms with Gasteiger partial charge in [-0.25, -0.2) is 0 Å². The molecule has 0 bridgehead atoms. The number of rotatable bonds is 5. The number of allylic oxidation sites excluding steroid dienone is 1. The van der Waals surface area contributed by atoms with Crippen LogP contribution in [0.3, 0.4) is 0 Å². The second kappa shape index (κ2) is 8.40. The van der Waals surface area contributed by atoms with E-state index in [1.807, 2.05) is 18.2 Å². The van der Waals surface area contributed by atoms with E-state index in [0.717, 1.165) is 6.07 Å². The largest absolute Gasteiger partial charge is 0.504 e. The first-order valence-corrected chi connectivity index (χ1v) is 9.06. The van der Waals surface area contributed by atoms with E-state index in [0.29, 0.717) is 22.7 Å². The van der Waals surface area contributed by atoms with Crippen molar-refractivity contribution >= 4 is 23.2 Å². The predicted molar refractivity (Wildman–Crippen MR) is 111 cm³/mol. The van der Waals surface area contributed by atoms with E-state index >= 15 is 0 Å². The number of fused-ring (bicyclic) bond motifs is 1. The third-order valence-corrected chi connectivity index (χ3v) is 4.31. The van der Waals surface area contributed by atoms with Crippen LogP contribution in [-0.4, -0.2) is 17.7 Å². The molecule has 30 heavy (non-hydrogen) atoms. The van der Waals surface area contributed by atoms with Gasteiger partial charge in [0.05, 0.1) is 16.9 Å². The van der Waals surface area contributed by atoms with E-state index in [9.17, 15) is 14.7 Å². The topological polar surface area (TPSA) is 97.5 Å². The monoisotopic (exact) mass is 400 g/mol. The van der Waals surface area contributed by atoms with Crippen molar-refractivity contribution < 1.29 is 19.4 Å². The summed E-state index contributed by atoms with van der Waals surface area (Å²) in [7, 11) is 0. The van der Waals surface area contributed by atoms with Gasteiger partial charge < -0.3 is 14.6 Å². The van der Waals surface area contributed by atoms with Gasteiger partial charge in [0.25, 0.3) is 0 Å². The molecule has 1 heterocycles. The van der Waals surface area contributed by atoms with Gasteiger partial charge in [0.1, 0.15) is 0 Å². The Hall–Kier alpha value is -4.26. The summed E-state index contributed by atoms with van der Waals surface area (Å²) in [6.07, 6.45) is 2.83. The van der Waals surface area contributed by atoms with Crippen molar-refractivity contribution in [3.63, 3.8) is 0 Å². The number of nitrogens with zero attached hydrogens (tertiary/aromatic N) is 2. The highest BCUT2D eigenvalue weighted by atomic mass is 16.7. The molecule has 3 aromatic carbocycles. The van der Waals surface area contributed by atoms with Gasteiger partial charge in [-0.3, -0.25) is 9.59 Å². The standard InChI is InChI=1S/C23H16N2O5/c26-19(9-6-15-7-11-21-22(12-15)30-14-29-21)18-13-17(8-10-20(27)23(18)28)25-24-16-4-2-1-3-5-16/h1-13H,14H2,(H,27,28)/b9-6+,25-24?. The number of aromatic hydroxyl groups is 1. The molecule has 0 aliphatic carbocycles. The number of ketones is 1. The second-order valence-corrected chi connectivity index (χ2v) is 6.37. The number of azo groups is 1. The number of hydrogen-bond donors (Lipinski definition) is 1. The molecule has 0 spiro atoms. The molecule has 0 aromatic heterocycles. The minimum Gasteiger partial charge on any atom is -0.504 e. The summed E-state index contributed by atoms with van der Waals surface area (Å²) in [6.45, 7) is 0.155. The molecule has 3 aromatic rings. The minimum atomic E-state index is -0.684. The van der Waals surface area contributed by atoms with Crippen molar-refractivity contribution in [2.75, 3.05) is 6.79 Å². The van der Waals surface area contributed by atoms with E-state index < -0.39 is 17.0 Å². The van der Waals surface area contributed by atoms with Crippen LogP contribution in [-0.2, 0) is 0 Å². The summed E-state index contributed by atoms with van der Waals surface area (Å²) in [5.74, 6) is 0.0331. The van der Waals surface area contributed by atoms with Gasteiger partial charge in [-0.2, -0.15) is 10.2 Å². The maximum atomic E-state index is 12.7. The van der Waals surface area contributed by atoms with Gasteiger partial charge in [-0.1, -0.05) is 30.3 Å². The first-order valence-electron chi connectivity index (χ1n) is 9.06. The Balaban J connectivity index is 1.63. The first-order chi connectivity index (χ1) is 14.6. The zero-order valence-electron chi connectivity index (χ0n) is 15.7. The summed E-state index contributed by atoms with van der Waals surface area (Å²) < 4.78 is 10.6. The maximum absolute atomic E-state index is 12.7. The highest BCUT2D eigenvalue weighted by molar-refractivity contribution is 6.08. The minimum absolute atomic E-state index is 0.155. The fourth-order valence-corrected chi connectivity index (χ4v) is 2.78. The van der Waals surface area contributed by atoms with Crippen LogP contribution in [0.1, 0.15) is 15.9 Å². The van der Waals surface area contributed by atoms with E-state index in [2.05, 4.69) is 10.2 Å².